The van der Waals surface area contributed by atoms with E-state index in [9.17, 15) is 0 Å². The van der Waals surface area contributed by atoms with E-state index in [0.29, 0.717) is 6.04 Å². The van der Waals surface area contributed by atoms with Crippen molar-refractivity contribution < 1.29 is 4.42 Å². The summed E-state index contributed by atoms with van der Waals surface area (Å²) in [7, 11) is 0. The normalized spacial score (nSPS) is 12.8. The van der Waals surface area contributed by atoms with Crippen LogP contribution < -0.4 is 5.32 Å². The number of nitrogens with one attached hydrogen (secondary N) is 1. The molecule has 0 radical (unpaired) electrons. The van der Waals surface area contributed by atoms with Crippen molar-refractivity contribution in [2.75, 3.05) is 6.54 Å². The minimum atomic E-state index is 0.392. The molecule has 116 valence electrons. The number of hydrogen-bond acceptors (Lipinski definition) is 4. The molecule has 5 heteroatoms. The second-order valence-corrected chi connectivity index (χ2v) is 5.77. The average molecular weight is 298 g/mol. The van der Waals surface area contributed by atoms with Gasteiger partial charge in [0.25, 0.3) is 0 Å². The number of fused-ring (bicyclic) bond motifs is 1. The quantitative estimate of drug-likeness (QED) is 0.681. The van der Waals surface area contributed by atoms with Gasteiger partial charge in [-0.05, 0) is 44.5 Å². The summed E-state index contributed by atoms with van der Waals surface area (Å²) < 4.78 is 7.70. The summed E-state index contributed by atoms with van der Waals surface area (Å²) in [6.07, 6.45) is 5.82. The Kier molecular flexibility index (Phi) is 4.53. The molecule has 0 fully saturated rings. The molecule has 0 unspecified atom stereocenters. The molecule has 22 heavy (non-hydrogen) atoms. The minimum Gasteiger partial charge on any atom is -0.441 e. The third kappa shape index (κ3) is 3.74. The van der Waals surface area contributed by atoms with Crippen LogP contribution >= 0.6 is 0 Å². The largest absolute Gasteiger partial charge is 0.441 e. The van der Waals surface area contributed by atoms with Crippen molar-refractivity contribution in [2.45, 2.75) is 39.3 Å². The highest BCUT2D eigenvalue weighted by atomic mass is 16.3. The van der Waals surface area contributed by atoms with Crippen LogP contribution in [0, 0.1) is 6.92 Å². The fraction of sp³-hybridized carbons (Fsp3) is 0.412. The lowest BCUT2D eigenvalue weighted by Crippen LogP contribution is -2.31. The molecule has 1 N–H and O–H groups in total. The molecule has 5 nitrogen and oxygen atoms in total. The van der Waals surface area contributed by atoms with Crippen LogP contribution in [0.3, 0.4) is 0 Å². The van der Waals surface area contributed by atoms with Gasteiger partial charge in [0.1, 0.15) is 5.52 Å². The molecule has 0 bridgehead atoms. The maximum Gasteiger partial charge on any atom is 0.195 e. The first kappa shape index (κ1) is 14.8. The predicted molar refractivity (Wildman–Crippen MR) is 86.8 cm³/mol. The minimum absolute atomic E-state index is 0.392. The van der Waals surface area contributed by atoms with Crippen LogP contribution in [-0.4, -0.2) is 27.4 Å². The van der Waals surface area contributed by atoms with E-state index < -0.39 is 0 Å². The van der Waals surface area contributed by atoms with Crippen molar-refractivity contribution in [3.63, 3.8) is 0 Å². The van der Waals surface area contributed by atoms with E-state index in [1.54, 1.807) is 0 Å². The van der Waals surface area contributed by atoms with E-state index in [2.05, 4.69) is 35.4 Å². The average Bonchev–Trinajstić information content (AvgIpc) is 3.09. The summed E-state index contributed by atoms with van der Waals surface area (Å²) in [5, 5.41) is 7.82. The molecule has 3 aromatic rings. The highest BCUT2D eigenvalue weighted by Crippen LogP contribution is 2.15. The first-order valence-corrected chi connectivity index (χ1v) is 7.77. The zero-order valence-electron chi connectivity index (χ0n) is 13.1. The molecule has 1 atom stereocenters. The lowest BCUT2D eigenvalue weighted by atomic mass is 10.2. The van der Waals surface area contributed by atoms with Gasteiger partial charge in [0.15, 0.2) is 11.5 Å². The van der Waals surface area contributed by atoms with Gasteiger partial charge in [-0.3, -0.25) is 4.68 Å². The summed E-state index contributed by atoms with van der Waals surface area (Å²) in [6, 6.07) is 8.28. The number of para-hydroxylation sites is 2. The highest BCUT2D eigenvalue weighted by Gasteiger charge is 2.06. The van der Waals surface area contributed by atoms with Crippen LogP contribution in [0.1, 0.15) is 24.8 Å². The molecule has 0 spiro atoms. The van der Waals surface area contributed by atoms with Gasteiger partial charge in [0.2, 0.25) is 0 Å². The SMILES string of the molecule is Cc1cnn(C[C@H](C)NCCCc2nc3ccccc3o2)c1. The molecule has 0 saturated carbocycles. The summed E-state index contributed by atoms with van der Waals surface area (Å²) >= 11 is 0. The maximum absolute atomic E-state index is 5.72. The Morgan fingerprint density at radius 2 is 2.18 bits per heavy atom. The Morgan fingerprint density at radius 3 is 2.95 bits per heavy atom. The summed E-state index contributed by atoms with van der Waals surface area (Å²) in [5.74, 6) is 0.818. The summed E-state index contributed by atoms with van der Waals surface area (Å²) in [5.41, 5.74) is 3.00. The Labute approximate surface area is 130 Å². The highest BCUT2D eigenvalue weighted by molar-refractivity contribution is 5.72. The Hall–Kier alpha value is -2.14. The smallest absolute Gasteiger partial charge is 0.195 e. The van der Waals surface area contributed by atoms with Crippen LogP contribution in [0.15, 0.2) is 41.1 Å². The van der Waals surface area contributed by atoms with Gasteiger partial charge in [-0.15, -0.1) is 0 Å². The fourth-order valence-electron chi connectivity index (χ4n) is 2.53. The summed E-state index contributed by atoms with van der Waals surface area (Å²) in [6.45, 7) is 6.06. The van der Waals surface area contributed by atoms with Gasteiger partial charge in [-0.25, -0.2) is 4.98 Å². The van der Waals surface area contributed by atoms with Gasteiger partial charge in [0, 0.05) is 18.7 Å². The van der Waals surface area contributed by atoms with Crippen molar-refractivity contribution in [3.05, 3.63) is 48.1 Å². The summed E-state index contributed by atoms with van der Waals surface area (Å²) in [4.78, 5) is 4.49. The third-order valence-electron chi connectivity index (χ3n) is 3.62. The third-order valence-corrected chi connectivity index (χ3v) is 3.62. The molecular formula is C17H22N4O. The Balaban J connectivity index is 1.41. The second-order valence-electron chi connectivity index (χ2n) is 5.77. The molecule has 0 aliphatic carbocycles. The first-order chi connectivity index (χ1) is 10.7. The van der Waals surface area contributed by atoms with E-state index in [-0.39, 0.29) is 0 Å². The van der Waals surface area contributed by atoms with E-state index in [1.807, 2.05) is 35.1 Å². The van der Waals surface area contributed by atoms with Crippen molar-refractivity contribution in [1.82, 2.24) is 20.1 Å². The van der Waals surface area contributed by atoms with Gasteiger partial charge in [0.05, 0.1) is 12.7 Å². The Morgan fingerprint density at radius 1 is 1.32 bits per heavy atom. The van der Waals surface area contributed by atoms with Crippen LogP contribution in [0.5, 0.6) is 0 Å². The van der Waals surface area contributed by atoms with Crippen LogP contribution in [-0.2, 0) is 13.0 Å². The number of benzene rings is 1. The molecular weight excluding hydrogens is 276 g/mol. The second kappa shape index (κ2) is 6.75. The zero-order chi connectivity index (χ0) is 15.4. The molecule has 3 rings (SSSR count). The molecule has 1 aromatic carbocycles. The molecule has 0 saturated heterocycles. The number of oxazole rings is 1. The number of rotatable bonds is 7. The van der Waals surface area contributed by atoms with Crippen LogP contribution in [0.2, 0.25) is 0 Å². The molecule has 0 amide bonds. The van der Waals surface area contributed by atoms with Crippen LogP contribution in [0.4, 0.5) is 0 Å². The van der Waals surface area contributed by atoms with Crippen molar-refractivity contribution in [1.29, 1.82) is 0 Å². The fourth-order valence-corrected chi connectivity index (χ4v) is 2.53. The molecule has 2 aromatic heterocycles. The number of nitrogens with zero attached hydrogens (tertiary/aromatic N) is 3. The van der Waals surface area contributed by atoms with Crippen molar-refractivity contribution >= 4 is 11.1 Å². The maximum atomic E-state index is 5.72. The van der Waals surface area contributed by atoms with E-state index in [1.165, 1.54) is 5.56 Å². The predicted octanol–water partition coefficient (Wildman–Crippen LogP) is 2.94. The van der Waals surface area contributed by atoms with Crippen molar-refractivity contribution in [3.8, 4) is 0 Å². The zero-order valence-corrected chi connectivity index (χ0v) is 13.1. The van der Waals surface area contributed by atoms with E-state index in [0.717, 1.165) is 42.9 Å². The van der Waals surface area contributed by atoms with Gasteiger partial charge < -0.3 is 9.73 Å². The molecule has 2 heterocycles. The lowest BCUT2D eigenvalue weighted by molar-refractivity contribution is 0.439. The molecule has 0 aliphatic heterocycles. The standard InChI is InChI=1S/C17H22N4O/c1-13-10-19-21(11-13)12-14(2)18-9-5-8-17-20-15-6-3-4-7-16(15)22-17/h3-4,6-7,10-11,14,18H,5,8-9,12H2,1-2H3/t14-/m0/s1. The Bertz CT molecular complexity index is 698. The monoisotopic (exact) mass is 298 g/mol. The molecule has 0 aliphatic rings. The van der Waals surface area contributed by atoms with Gasteiger partial charge >= 0.3 is 0 Å². The van der Waals surface area contributed by atoms with Crippen molar-refractivity contribution in [2.24, 2.45) is 0 Å². The van der Waals surface area contributed by atoms with Gasteiger partial charge in [-0.2, -0.15) is 5.10 Å². The van der Waals surface area contributed by atoms with E-state index in [4.69, 9.17) is 4.42 Å². The number of hydrogen-bond donors (Lipinski definition) is 1. The van der Waals surface area contributed by atoms with Gasteiger partial charge in [-0.1, -0.05) is 12.1 Å². The number of aromatic nitrogens is 3. The van der Waals surface area contributed by atoms with Crippen LogP contribution in [0.25, 0.3) is 11.1 Å². The first-order valence-electron chi connectivity index (χ1n) is 7.77. The lowest BCUT2D eigenvalue weighted by Gasteiger charge is -2.13. The number of aryl methyl sites for hydroxylation is 2. The topological polar surface area (TPSA) is 55.9 Å². The van der Waals surface area contributed by atoms with E-state index >= 15 is 0 Å².